The molecule has 2 rings (SSSR count). The largest absolute Gasteiger partial charge is 0.354 e. The topological polar surface area (TPSA) is 57.2 Å². The van der Waals surface area contributed by atoms with Crippen LogP contribution in [-0.2, 0) is 0 Å². The van der Waals surface area contributed by atoms with Crippen molar-refractivity contribution < 1.29 is 0 Å². The molecule has 0 spiro atoms. The molecule has 1 fully saturated rings. The molecule has 0 saturated heterocycles. The Morgan fingerprint density at radius 2 is 1.81 bits per heavy atom. The molecular formula is C15H28N6. The minimum Gasteiger partial charge on any atom is -0.354 e. The summed E-state index contributed by atoms with van der Waals surface area (Å²) in [5.74, 6) is 2.91. The molecule has 118 valence electrons. The van der Waals surface area contributed by atoms with Gasteiger partial charge in [0.25, 0.3) is 0 Å². The fraction of sp³-hybridized carbons (Fsp3) is 0.800. The van der Waals surface area contributed by atoms with Crippen molar-refractivity contribution in [1.82, 2.24) is 15.0 Å². The minimum atomic E-state index is 0.528. The molecule has 2 atom stereocenters. The van der Waals surface area contributed by atoms with Crippen molar-refractivity contribution in [2.24, 2.45) is 5.92 Å². The van der Waals surface area contributed by atoms with E-state index in [-0.39, 0.29) is 0 Å². The number of nitrogens with zero attached hydrogens (tertiary/aromatic N) is 5. The molecule has 0 radical (unpaired) electrons. The molecule has 21 heavy (non-hydrogen) atoms. The van der Waals surface area contributed by atoms with E-state index in [0.717, 1.165) is 18.4 Å². The molecule has 0 bridgehead atoms. The molecule has 2 unspecified atom stereocenters. The fourth-order valence-electron chi connectivity index (χ4n) is 2.87. The van der Waals surface area contributed by atoms with Crippen LogP contribution in [0.2, 0.25) is 0 Å². The van der Waals surface area contributed by atoms with Gasteiger partial charge >= 0.3 is 0 Å². The van der Waals surface area contributed by atoms with Gasteiger partial charge in [-0.1, -0.05) is 19.8 Å². The van der Waals surface area contributed by atoms with Gasteiger partial charge in [-0.3, -0.25) is 0 Å². The normalized spacial score (nSPS) is 22.0. The molecule has 6 heteroatoms. The molecule has 1 aliphatic carbocycles. The van der Waals surface area contributed by atoms with Gasteiger partial charge in [0, 0.05) is 33.7 Å². The second-order valence-corrected chi connectivity index (χ2v) is 6.22. The quantitative estimate of drug-likeness (QED) is 0.899. The third-order valence-electron chi connectivity index (χ3n) is 4.12. The van der Waals surface area contributed by atoms with Gasteiger partial charge in [-0.2, -0.15) is 15.0 Å². The van der Waals surface area contributed by atoms with Gasteiger partial charge in [0.15, 0.2) is 0 Å². The van der Waals surface area contributed by atoms with E-state index in [1.54, 1.807) is 0 Å². The molecule has 1 aromatic heterocycles. The average molecular weight is 292 g/mol. The summed E-state index contributed by atoms with van der Waals surface area (Å²) in [6.45, 7) is 5.19. The van der Waals surface area contributed by atoms with Crippen molar-refractivity contribution in [2.45, 2.75) is 45.6 Å². The zero-order valence-electron chi connectivity index (χ0n) is 13.9. The Kier molecular flexibility index (Phi) is 5.20. The maximum atomic E-state index is 4.60. The molecule has 0 aliphatic heterocycles. The van der Waals surface area contributed by atoms with Crippen LogP contribution in [0.3, 0.4) is 0 Å². The zero-order valence-corrected chi connectivity index (χ0v) is 13.9. The molecule has 0 amide bonds. The van der Waals surface area contributed by atoms with E-state index in [4.69, 9.17) is 0 Å². The fourth-order valence-corrected chi connectivity index (χ4v) is 2.87. The number of nitrogens with one attached hydrogen (secondary N) is 1. The lowest BCUT2D eigenvalue weighted by molar-refractivity contribution is 0.334. The summed E-state index contributed by atoms with van der Waals surface area (Å²) in [6, 6.07) is 0.528. The van der Waals surface area contributed by atoms with Gasteiger partial charge in [0.2, 0.25) is 17.8 Å². The molecule has 6 nitrogen and oxygen atoms in total. The number of aromatic nitrogens is 3. The van der Waals surface area contributed by atoms with E-state index in [1.807, 2.05) is 25.9 Å². The lowest BCUT2D eigenvalue weighted by atomic mass is 9.86. The third kappa shape index (κ3) is 3.95. The number of anilines is 3. The number of hydrogen-bond donors (Lipinski definition) is 1. The van der Waals surface area contributed by atoms with Crippen LogP contribution >= 0.6 is 0 Å². The van der Waals surface area contributed by atoms with Crippen molar-refractivity contribution in [2.75, 3.05) is 42.8 Å². The highest BCUT2D eigenvalue weighted by molar-refractivity contribution is 5.44. The number of rotatable bonds is 5. The van der Waals surface area contributed by atoms with Crippen LogP contribution in [0.1, 0.15) is 39.5 Å². The smallest absolute Gasteiger partial charge is 0.231 e. The summed E-state index contributed by atoms with van der Waals surface area (Å²) in [5.41, 5.74) is 0. The minimum absolute atomic E-state index is 0.528. The summed E-state index contributed by atoms with van der Waals surface area (Å²) in [7, 11) is 6.02. The lowest BCUT2D eigenvalue weighted by Gasteiger charge is -2.34. The molecular weight excluding hydrogens is 264 g/mol. The Labute approximate surface area is 128 Å². The summed E-state index contributed by atoms with van der Waals surface area (Å²) in [5, 5.41) is 3.19. The van der Waals surface area contributed by atoms with Gasteiger partial charge in [-0.15, -0.1) is 0 Å². The predicted molar refractivity (Wildman–Crippen MR) is 88.1 cm³/mol. The molecule has 1 N–H and O–H groups in total. The second kappa shape index (κ2) is 6.91. The van der Waals surface area contributed by atoms with Gasteiger partial charge < -0.3 is 15.1 Å². The number of hydrogen-bond acceptors (Lipinski definition) is 6. The zero-order chi connectivity index (χ0) is 15.4. The first-order chi connectivity index (χ1) is 10.0. The van der Waals surface area contributed by atoms with E-state index >= 15 is 0 Å². The Morgan fingerprint density at radius 3 is 2.43 bits per heavy atom. The first-order valence-corrected chi connectivity index (χ1v) is 7.91. The van der Waals surface area contributed by atoms with Gasteiger partial charge in [-0.05, 0) is 25.7 Å². The summed E-state index contributed by atoms with van der Waals surface area (Å²) < 4.78 is 0. The predicted octanol–water partition coefficient (Wildman–Crippen LogP) is 2.38. The Bertz CT molecular complexity index is 461. The average Bonchev–Trinajstić information content (AvgIpc) is 2.46. The highest BCUT2D eigenvalue weighted by Crippen LogP contribution is 2.28. The monoisotopic (exact) mass is 292 g/mol. The van der Waals surface area contributed by atoms with Crippen LogP contribution in [0.4, 0.5) is 17.8 Å². The van der Waals surface area contributed by atoms with Crippen molar-refractivity contribution in [3.05, 3.63) is 0 Å². The van der Waals surface area contributed by atoms with Crippen LogP contribution in [0.25, 0.3) is 0 Å². The Balaban J connectivity index is 2.24. The Morgan fingerprint density at radius 1 is 1.10 bits per heavy atom. The van der Waals surface area contributed by atoms with E-state index in [2.05, 4.69) is 39.1 Å². The summed E-state index contributed by atoms with van der Waals surface area (Å²) in [4.78, 5) is 17.8. The molecule has 1 heterocycles. The highest BCUT2D eigenvalue weighted by Gasteiger charge is 2.24. The highest BCUT2D eigenvalue weighted by atomic mass is 15.3. The summed E-state index contributed by atoms with van der Waals surface area (Å²) >= 11 is 0. The van der Waals surface area contributed by atoms with Gasteiger partial charge in [0.05, 0.1) is 0 Å². The SMILES string of the molecule is CCNc1nc(N(C)C)nc(N(C)C2CCCC(C)C2)n1. The van der Waals surface area contributed by atoms with E-state index in [0.29, 0.717) is 17.9 Å². The van der Waals surface area contributed by atoms with Crippen molar-refractivity contribution in [3.63, 3.8) is 0 Å². The van der Waals surface area contributed by atoms with Crippen molar-refractivity contribution in [3.8, 4) is 0 Å². The van der Waals surface area contributed by atoms with Gasteiger partial charge in [0.1, 0.15) is 0 Å². The van der Waals surface area contributed by atoms with Crippen molar-refractivity contribution in [1.29, 1.82) is 0 Å². The second-order valence-electron chi connectivity index (χ2n) is 6.22. The first kappa shape index (κ1) is 15.8. The van der Waals surface area contributed by atoms with Crippen LogP contribution in [0, 0.1) is 5.92 Å². The molecule has 0 aromatic carbocycles. The summed E-state index contributed by atoms with van der Waals surface area (Å²) in [6.07, 6.45) is 5.07. The maximum absolute atomic E-state index is 4.60. The van der Waals surface area contributed by atoms with Crippen LogP contribution in [0.15, 0.2) is 0 Å². The maximum Gasteiger partial charge on any atom is 0.231 e. The standard InChI is InChI=1S/C15H28N6/c1-6-16-13-17-14(20(3)4)19-15(18-13)21(5)12-9-7-8-11(2)10-12/h11-12H,6-10H2,1-5H3,(H,16,17,18,19). The van der Waals surface area contributed by atoms with E-state index in [9.17, 15) is 0 Å². The lowest BCUT2D eigenvalue weighted by Crippen LogP contribution is -2.37. The van der Waals surface area contributed by atoms with Crippen molar-refractivity contribution >= 4 is 17.8 Å². The van der Waals surface area contributed by atoms with E-state index in [1.165, 1.54) is 25.7 Å². The third-order valence-corrected chi connectivity index (χ3v) is 4.12. The molecule has 1 saturated carbocycles. The van der Waals surface area contributed by atoms with Crippen LogP contribution in [0.5, 0.6) is 0 Å². The molecule has 1 aromatic rings. The Hall–Kier alpha value is -1.59. The first-order valence-electron chi connectivity index (χ1n) is 7.91. The van der Waals surface area contributed by atoms with Gasteiger partial charge in [-0.25, -0.2) is 0 Å². The van der Waals surface area contributed by atoms with Crippen LogP contribution < -0.4 is 15.1 Å². The van der Waals surface area contributed by atoms with Crippen LogP contribution in [-0.4, -0.2) is 48.7 Å². The van der Waals surface area contributed by atoms with E-state index < -0.39 is 0 Å². The molecule has 1 aliphatic rings.